The molecule has 0 aliphatic rings. The van der Waals surface area contributed by atoms with Crippen molar-refractivity contribution in [1.82, 2.24) is 0 Å². The van der Waals surface area contributed by atoms with Crippen LogP contribution < -0.4 is 0 Å². The van der Waals surface area contributed by atoms with E-state index in [0.29, 0.717) is 16.3 Å². The van der Waals surface area contributed by atoms with Crippen molar-refractivity contribution in [2.75, 3.05) is 0 Å². The molecule has 0 amide bonds. The second-order valence-corrected chi connectivity index (χ2v) is 5.45. The van der Waals surface area contributed by atoms with E-state index < -0.39 is 0 Å². The number of halogens is 1. The van der Waals surface area contributed by atoms with Gasteiger partial charge in [-0.25, -0.2) is 0 Å². The first-order chi connectivity index (χ1) is 8.08. The van der Waals surface area contributed by atoms with E-state index in [1.165, 1.54) is 16.9 Å². The smallest absolute Gasteiger partial charge is 0.178 e. The zero-order valence-electron chi connectivity index (χ0n) is 9.79. The van der Waals surface area contributed by atoms with Gasteiger partial charge in [-0.2, -0.15) is 0 Å². The first kappa shape index (κ1) is 12.3. The predicted octanol–water partition coefficient (Wildman–Crippen LogP) is 4.44. The highest BCUT2D eigenvalue weighted by atomic mass is 35.5. The van der Waals surface area contributed by atoms with E-state index in [4.69, 9.17) is 11.6 Å². The monoisotopic (exact) mass is 264 g/mol. The summed E-state index contributed by atoms with van der Waals surface area (Å²) in [5.41, 5.74) is 3.41. The van der Waals surface area contributed by atoms with E-state index in [1.807, 2.05) is 25.3 Å². The van der Waals surface area contributed by atoms with Gasteiger partial charge in [0.1, 0.15) is 0 Å². The fourth-order valence-corrected chi connectivity index (χ4v) is 2.84. The lowest BCUT2D eigenvalue weighted by molar-refractivity contribution is 0.0997. The number of carbonyl (C=O) groups excluding carboxylic acids is 1. The molecule has 0 aliphatic heterocycles. The van der Waals surface area contributed by atoms with Crippen LogP contribution in [0.4, 0.5) is 0 Å². The van der Waals surface area contributed by atoms with Gasteiger partial charge in [0.25, 0.3) is 0 Å². The van der Waals surface area contributed by atoms with Gasteiger partial charge < -0.3 is 0 Å². The summed E-state index contributed by atoms with van der Waals surface area (Å²) in [6.45, 7) is 4.06. The van der Waals surface area contributed by atoms with E-state index in [0.717, 1.165) is 11.1 Å². The molecule has 0 bridgehead atoms. The summed E-state index contributed by atoms with van der Waals surface area (Å²) < 4.78 is 0. The minimum absolute atomic E-state index is 0.0960. The van der Waals surface area contributed by atoms with Crippen LogP contribution in [0.1, 0.15) is 26.4 Å². The second-order valence-electron chi connectivity index (χ2n) is 4.13. The molecule has 2 aromatic rings. The van der Waals surface area contributed by atoms with Crippen molar-refractivity contribution in [3.8, 4) is 0 Å². The van der Waals surface area contributed by atoms with E-state index >= 15 is 0 Å². The molecule has 88 valence electrons. The van der Waals surface area contributed by atoms with Crippen LogP contribution in [0.25, 0.3) is 0 Å². The maximum Gasteiger partial charge on any atom is 0.178 e. The van der Waals surface area contributed by atoms with Gasteiger partial charge in [-0.15, -0.1) is 11.3 Å². The molecule has 1 heterocycles. The van der Waals surface area contributed by atoms with Crippen LogP contribution in [-0.4, -0.2) is 5.78 Å². The summed E-state index contributed by atoms with van der Waals surface area (Å²) in [6.07, 6.45) is 0.424. The largest absolute Gasteiger partial charge is 0.293 e. The number of aryl methyl sites for hydroxylation is 2. The summed E-state index contributed by atoms with van der Waals surface area (Å²) >= 11 is 7.37. The highest BCUT2D eigenvalue weighted by molar-refractivity contribution is 7.12. The summed E-state index contributed by atoms with van der Waals surface area (Å²) in [7, 11) is 0. The standard InChI is InChI=1S/C14H13ClOS/c1-9-3-4-10(2)11(7-9)8-13(16)14-12(15)5-6-17-14/h3-7H,8H2,1-2H3. The molecule has 2 rings (SSSR count). The third kappa shape index (κ3) is 2.76. The average molecular weight is 265 g/mol. The average Bonchev–Trinajstić information content (AvgIpc) is 2.70. The van der Waals surface area contributed by atoms with Crippen molar-refractivity contribution in [3.63, 3.8) is 0 Å². The van der Waals surface area contributed by atoms with Gasteiger partial charge in [0.05, 0.1) is 9.90 Å². The molecule has 1 nitrogen and oxygen atoms in total. The van der Waals surface area contributed by atoms with Crippen LogP contribution in [0.2, 0.25) is 5.02 Å². The molecule has 0 N–H and O–H groups in total. The molecular weight excluding hydrogens is 252 g/mol. The normalized spacial score (nSPS) is 10.5. The number of hydrogen-bond donors (Lipinski definition) is 0. The molecule has 0 saturated heterocycles. The van der Waals surface area contributed by atoms with Gasteiger partial charge in [0, 0.05) is 6.42 Å². The van der Waals surface area contributed by atoms with E-state index in [-0.39, 0.29) is 5.78 Å². The zero-order chi connectivity index (χ0) is 12.4. The van der Waals surface area contributed by atoms with Crippen molar-refractivity contribution in [3.05, 3.63) is 56.2 Å². The van der Waals surface area contributed by atoms with Crippen molar-refractivity contribution in [1.29, 1.82) is 0 Å². The lowest BCUT2D eigenvalue weighted by Crippen LogP contribution is -2.03. The number of hydrogen-bond acceptors (Lipinski definition) is 2. The third-order valence-corrected chi connectivity index (χ3v) is 4.11. The van der Waals surface area contributed by atoms with Crippen molar-refractivity contribution in [2.24, 2.45) is 0 Å². The fraction of sp³-hybridized carbons (Fsp3) is 0.214. The molecule has 0 atom stereocenters. The molecule has 1 aromatic heterocycles. The Hall–Kier alpha value is -1.12. The number of rotatable bonds is 3. The predicted molar refractivity (Wildman–Crippen MR) is 73.3 cm³/mol. The topological polar surface area (TPSA) is 17.1 Å². The number of ketones is 1. The lowest BCUT2D eigenvalue weighted by Gasteiger charge is -2.05. The Morgan fingerprint density at radius 1 is 1.29 bits per heavy atom. The molecule has 3 heteroatoms. The number of thiophene rings is 1. The van der Waals surface area contributed by atoms with Gasteiger partial charge >= 0.3 is 0 Å². The first-order valence-corrected chi connectivity index (χ1v) is 6.66. The van der Waals surface area contributed by atoms with Crippen molar-refractivity contribution >= 4 is 28.7 Å². The van der Waals surface area contributed by atoms with Crippen molar-refractivity contribution < 1.29 is 4.79 Å². The van der Waals surface area contributed by atoms with E-state index in [9.17, 15) is 4.79 Å². The van der Waals surface area contributed by atoms with Gasteiger partial charge in [0.2, 0.25) is 0 Å². The van der Waals surface area contributed by atoms with Gasteiger partial charge in [-0.1, -0.05) is 35.4 Å². The van der Waals surface area contributed by atoms with Crippen LogP contribution in [0.3, 0.4) is 0 Å². The van der Waals surface area contributed by atoms with Gasteiger partial charge in [-0.05, 0) is 36.4 Å². The first-order valence-electron chi connectivity index (χ1n) is 5.40. The minimum atomic E-state index is 0.0960. The van der Waals surface area contributed by atoms with Crippen LogP contribution >= 0.6 is 22.9 Å². The van der Waals surface area contributed by atoms with Crippen molar-refractivity contribution in [2.45, 2.75) is 20.3 Å². The van der Waals surface area contributed by atoms with Crippen LogP contribution in [0.15, 0.2) is 29.6 Å². The molecule has 0 radical (unpaired) electrons. The fourth-order valence-electron chi connectivity index (χ4n) is 1.74. The molecule has 0 unspecified atom stereocenters. The van der Waals surface area contributed by atoms with Gasteiger partial charge in [0.15, 0.2) is 5.78 Å². The Morgan fingerprint density at radius 3 is 2.71 bits per heavy atom. The Morgan fingerprint density at radius 2 is 2.06 bits per heavy atom. The molecule has 0 aliphatic carbocycles. The molecule has 1 aromatic carbocycles. The SMILES string of the molecule is Cc1ccc(C)c(CC(=O)c2sccc2Cl)c1. The summed E-state index contributed by atoms with van der Waals surface area (Å²) in [5, 5.41) is 2.41. The van der Waals surface area contributed by atoms with Gasteiger partial charge in [-0.3, -0.25) is 4.79 Å². The maximum absolute atomic E-state index is 12.1. The summed E-state index contributed by atoms with van der Waals surface area (Å²) in [6, 6.07) is 7.94. The highest BCUT2D eigenvalue weighted by Crippen LogP contribution is 2.24. The summed E-state index contributed by atoms with van der Waals surface area (Å²) in [5.74, 6) is 0.0960. The quantitative estimate of drug-likeness (QED) is 0.749. The Balaban J connectivity index is 2.24. The number of benzene rings is 1. The Kier molecular flexibility index (Phi) is 3.65. The second kappa shape index (κ2) is 5.03. The number of carbonyl (C=O) groups is 1. The van der Waals surface area contributed by atoms with E-state index in [1.54, 1.807) is 6.07 Å². The molecular formula is C14H13ClOS. The highest BCUT2D eigenvalue weighted by Gasteiger charge is 2.13. The zero-order valence-corrected chi connectivity index (χ0v) is 11.4. The molecule has 17 heavy (non-hydrogen) atoms. The Bertz CT molecular complexity index is 557. The van der Waals surface area contributed by atoms with Crippen LogP contribution in [-0.2, 0) is 6.42 Å². The molecule has 0 fully saturated rings. The van der Waals surface area contributed by atoms with E-state index in [2.05, 4.69) is 12.1 Å². The summed E-state index contributed by atoms with van der Waals surface area (Å²) in [4.78, 5) is 12.7. The lowest BCUT2D eigenvalue weighted by atomic mass is 10.0. The van der Waals surface area contributed by atoms with Crippen LogP contribution in [0, 0.1) is 13.8 Å². The third-order valence-electron chi connectivity index (χ3n) is 2.73. The Labute approximate surface area is 110 Å². The molecule has 0 saturated carbocycles. The number of Topliss-reactive ketones (excluding diaryl/α,β-unsaturated/α-hetero) is 1. The maximum atomic E-state index is 12.1. The minimum Gasteiger partial charge on any atom is -0.293 e. The molecule has 0 spiro atoms. The van der Waals surface area contributed by atoms with Crippen LogP contribution in [0.5, 0.6) is 0 Å².